The lowest BCUT2D eigenvalue weighted by atomic mass is 9.87. The third kappa shape index (κ3) is 17.0. The normalized spacial score (nSPS) is 19.9. The largest absolute Gasteiger partial charge is 0.374 e. The van der Waals surface area contributed by atoms with Crippen LogP contribution in [0, 0.1) is 33.4 Å². The first-order valence-electron chi connectivity index (χ1n) is 21.4. The minimum Gasteiger partial charge on any atom is -0.374 e. The number of rotatable bonds is 34. The molecule has 0 spiro atoms. The second-order valence-electron chi connectivity index (χ2n) is 15.1. The third-order valence-corrected chi connectivity index (χ3v) is 15.5. The number of aromatic amines is 7. The molecule has 31 heteroatoms. The number of aromatic nitrogens is 11. The van der Waals surface area contributed by atoms with Gasteiger partial charge in [0, 0.05) is 82.9 Å². The minimum atomic E-state index is -0.724. The summed E-state index contributed by atoms with van der Waals surface area (Å²) < 4.78 is 48.7. The van der Waals surface area contributed by atoms with E-state index >= 15 is 0 Å². The molecular formula is C35H57N11O10S10. The number of nitrogens with one attached hydrogen (secondary N) is 7. The highest BCUT2D eigenvalue weighted by atomic mass is 32.2. The van der Waals surface area contributed by atoms with Gasteiger partial charge < -0.3 is 28.5 Å². The van der Waals surface area contributed by atoms with E-state index in [-0.39, 0.29) is 0 Å². The molecule has 0 saturated heterocycles. The summed E-state index contributed by atoms with van der Waals surface area (Å²) in [6.07, 6.45) is 8.25. The highest BCUT2D eigenvalue weighted by Crippen LogP contribution is 2.43. The van der Waals surface area contributed by atoms with E-state index in [1.807, 2.05) is 18.3 Å². The number of thiol groups is 1. The van der Waals surface area contributed by atoms with Crippen LogP contribution >= 0.6 is 122 Å². The van der Waals surface area contributed by atoms with Gasteiger partial charge in [-0.05, 0) is 163 Å². The van der Waals surface area contributed by atoms with Crippen LogP contribution in [-0.2, 0) is 63.9 Å². The summed E-state index contributed by atoms with van der Waals surface area (Å²) in [6.45, 7) is 4.03. The summed E-state index contributed by atoms with van der Waals surface area (Å²) in [7, 11) is 0. The number of nitrogens with zero attached hydrogens (tertiary/aromatic N) is 4. The van der Waals surface area contributed by atoms with E-state index in [4.69, 9.17) is 113 Å². The Hall–Kier alpha value is -1.18. The third-order valence-electron chi connectivity index (χ3n) is 10.8. The predicted molar refractivity (Wildman–Crippen MR) is 268 cm³/mol. The maximum Gasteiger partial charge on any atom is 0.194 e. The van der Waals surface area contributed by atoms with E-state index in [0.717, 1.165) is 86.9 Å². The van der Waals surface area contributed by atoms with Crippen molar-refractivity contribution in [2.75, 3.05) is 26.4 Å². The van der Waals surface area contributed by atoms with Crippen molar-refractivity contribution in [1.82, 2.24) is 53.8 Å². The van der Waals surface area contributed by atoms with Crippen molar-refractivity contribution in [2.45, 2.75) is 143 Å². The standard InChI is InChI=1S/C35H57N11O10S10/c47-53-55-65-27-25(51-19-11-3-7-15-45-32(61)39-40-33(45)62)23(49-17-9-1-5-13-43-22(57)21-36-29(43)58)24(50-18-10-2-6-14-44-30(59)37-38-31(44)60)26(28(27)66-56-54-48)52-20-12-4-8-16-46-34(63)41-42-35(46)64/h21,23-28,47-48,57H,1-20H2,(H,36,58)(H,37,59)(H,38,60)(H,39,61)(H,40,62)(H,41,63)(H,42,64). The highest BCUT2D eigenvalue weighted by molar-refractivity contribution is 7.99. The Morgan fingerprint density at radius 1 is 0.439 bits per heavy atom. The molecule has 1 fully saturated rings. The molecular weight excluding hydrogens is 1060 g/mol. The molecule has 4 heterocycles. The van der Waals surface area contributed by atoms with E-state index in [0.29, 0.717) is 105 Å². The summed E-state index contributed by atoms with van der Waals surface area (Å²) in [5.41, 5.74) is 0. The van der Waals surface area contributed by atoms with Gasteiger partial charge in [-0.1, -0.05) is 10.1 Å². The maximum absolute atomic E-state index is 9.41. The van der Waals surface area contributed by atoms with E-state index in [1.165, 1.54) is 0 Å². The Labute approximate surface area is 430 Å². The van der Waals surface area contributed by atoms with Crippen LogP contribution < -0.4 is 0 Å². The number of unbranched alkanes of at least 4 members (excludes halogenated alkanes) is 8. The van der Waals surface area contributed by atoms with Gasteiger partial charge >= 0.3 is 0 Å². The molecule has 6 unspecified atom stereocenters. The first-order chi connectivity index (χ1) is 32.0. The second-order valence-corrected chi connectivity index (χ2v) is 20.0. The Bertz CT molecular complexity index is 2340. The average molecular weight is 1110 g/mol. The zero-order valence-corrected chi connectivity index (χ0v) is 44.0. The van der Waals surface area contributed by atoms with E-state index in [1.54, 1.807) is 6.20 Å². The molecule has 21 nitrogen and oxygen atoms in total. The van der Waals surface area contributed by atoms with Crippen LogP contribution in [0.15, 0.2) is 11.2 Å². The van der Waals surface area contributed by atoms with Crippen molar-refractivity contribution in [3.05, 3.63) is 39.6 Å². The SMILES string of the molecule is OOOSC1C(OCCCCCn2c(=S)[nH][nH]c2=S)C(OCCCCCn2c(S)c[nH]c2=S)C(OCCCCCn2c(=S)[nH][nH]c2=S)C(OCCCCCn2c(=S)[nH][nH]c2=S)C1SOOO. The molecule has 9 N–H and O–H groups in total. The topological polar surface area (TPSA) is 245 Å². The van der Waals surface area contributed by atoms with Crippen LogP contribution in [0.5, 0.6) is 0 Å². The fourth-order valence-electron chi connectivity index (χ4n) is 7.51. The van der Waals surface area contributed by atoms with Crippen molar-refractivity contribution >= 4 is 122 Å². The zero-order chi connectivity index (χ0) is 47.3. The molecule has 4 aromatic heterocycles. The van der Waals surface area contributed by atoms with Crippen molar-refractivity contribution in [3.63, 3.8) is 0 Å². The van der Waals surface area contributed by atoms with Gasteiger partial charge in [0.05, 0.1) is 15.5 Å². The smallest absolute Gasteiger partial charge is 0.194 e. The lowest BCUT2D eigenvalue weighted by molar-refractivity contribution is -0.433. The molecule has 6 atom stereocenters. The number of H-pyrrole nitrogens is 7. The molecule has 4 aromatic rings. The van der Waals surface area contributed by atoms with Crippen LogP contribution in [0.2, 0.25) is 0 Å². The molecule has 0 amide bonds. The molecule has 66 heavy (non-hydrogen) atoms. The summed E-state index contributed by atoms with van der Waals surface area (Å²) in [5, 5.41) is 43.7. The van der Waals surface area contributed by atoms with Gasteiger partial charge in [-0.2, -0.15) is 0 Å². The quantitative estimate of drug-likeness (QED) is 0.00522. The van der Waals surface area contributed by atoms with Crippen LogP contribution in [0.4, 0.5) is 0 Å². The van der Waals surface area contributed by atoms with E-state index in [2.05, 4.69) is 58.3 Å². The van der Waals surface area contributed by atoms with E-state index in [9.17, 15) is 10.5 Å². The predicted octanol–water partition coefficient (Wildman–Crippen LogP) is 9.80. The molecule has 0 bridgehead atoms. The van der Waals surface area contributed by atoms with Gasteiger partial charge in [0.15, 0.2) is 33.4 Å². The molecule has 5 rings (SSSR count). The van der Waals surface area contributed by atoms with Gasteiger partial charge in [-0.25, -0.2) is 10.5 Å². The van der Waals surface area contributed by atoms with Crippen molar-refractivity contribution in [1.29, 1.82) is 0 Å². The van der Waals surface area contributed by atoms with Gasteiger partial charge in [-0.3, -0.25) is 44.3 Å². The number of ether oxygens (including phenoxy) is 4. The van der Waals surface area contributed by atoms with Gasteiger partial charge in [0.1, 0.15) is 24.4 Å². The van der Waals surface area contributed by atoms with Crippen LogP contribution in [0.3, 0.4) is 0 Å². The fourth-order valence-corrected chi connectivity index (χ4v) is 11.4. The fraction of sp³-hybridized carbons (Fsp3) is 0.743. The molecule has 372 valence electrons. The van der Waals surface area contributed by atoms with Crippen LogP contribution in [-0.4, -0.2) is 126 Å². The van der Waals surface area contributed by atoms with Gasteiger partial charge in [0.25, 0.3) is 0 Å². The van der Waals surface area contributed by atoms with Crippen LogP contribution in [0.25, 0.3) is 0 Å². The lowest BCUT2D eigenvalue weighted by Gasteiger charge is -2.48. The summed E-state index contributed by atoms with van der Waals surface area (Å²) in [6, 6.07) is 0. The summed E-state index contributed by atoms with van der Waals surface area (Å²) in [4.78, 5) is 3.03. The summed E-state index contributed by atoms with van der Waals surface area (Å²) >= 11 is 43.7. The first kappa shape index (κ1) is 55.7. The average Bonchev–Trinajstić information content (AvgIpc) is 4.02. The Balaban J connectivity index is 1.34. The number of hydrogen-bond donors (Lipinski definition) is 10. The number of hydrogen-bond acceptors (Lipinski definition) is 20. The van der Waals surface area contributed by atoms with Gasteiger partial charge in [-0.15, -0.1) is 21.3 Å². The molecule has 0 radical (unpaired) electrons. The highest BCUT2D eigenvalue weighted by Gasteiger charge is 2.55. The zero-order valence-electron chi connectivity index (χ0n) is 35.8. The number of imidazole rings is 1. The Morgan fingerprint density at radius 3 is 1.03 bits per heavy atom. The minimum absolute atomic E-state index is 0.335. The molecule has 1 aliphatic rings. The van der Waals surface area contributed by atoms with Crippen LogP contribution in [0.1, 0.15) is 77.0 Å². The monoisotopic (exact) mass is 1110 g/mol. The van der Waals surface area contributed by atoms with Gasteiger partial charge in [0.2, 0.25) is 0 Å². The second kappa shape index (κ2) is 30.5. The lowest BCUT2D eigenvalue weighted by Crippen LogP contribution is -2.64. The molecule has 0 aliphatic heterocycles. The molecule has 0 aromatic carbocycles. The Kier molecular flexibility index (Phi) is 25.8. The maximum atomic E-state index is 9.41. The van der Waals surface area contributed by atoms with Crippen molar-refractivity contribution < 1.29 is 48.2 Å². The molecule has 1 aliphatic carbocycles. The van der Waals surface area contributed by atoms with Crippen molar-refractivity contribution in [2.24, 2.45) is 0 Å². The Morgan fingerprint density at radius 2 is 0.742 bits per heavy atom. The summed E-state index contributed by atoms with van der Waals surface area (Å²) in [5.74, 6) is 0. The van der Waals surface area contributed by atoms with E-state index < -0.39 is 34.9 Å². The first-order valence-corrected chi connectivity index (χ1v) is 26.3. The molecule has 1 saturated carbocycles. The van der Waals surface area contributed by atoms with Crippen molar-refractivity contribution in [3.8, 4) is 0 Å².